The average molecular weight is 339 g/mol. The first-order valence-electron chi connectivity index (χ1n) is 7.49. The van der Waals surface area contributed by atoms with Gasteiger partial charge in [0.25, 0.3) is 0 Å². The van der Waals surface area contributed by atoms with Crippen molar-refractivity contribution in [1.29, 1.82) is 0 Å². The zero-order valence-corrected chi connectivity index (χ0v) is 12.6. The number of carbonyl (C=O) groups is 1. The monoisotopic (exact) mass is 339 g/mol. The molecule has 128 valence electrons. The Labute approximate surface area is 136 Å². The van der Waals surface area contributed by atoms with Crippen molar-refractivity contribution in [3.05, 3.63) is 48.0 Å². The Balaban J connectivity index is 1.62. The summed E-state index contributed by atoms with van der Waals surface area (Å²) in [5, 5.41) is 12.0. The fourth-order valence-electron chi connectivity index (χ4n) is 2.39. The molecule has 0 bridgehead atoms. The number of hydrogen-bond acceptors (Lipinski definition) is 3. The summed E-state index contributed by atoms with van der Waals surface area (Å²) in [5.74, 6) is 0.524. The van der Waals surface area contributed by atoms with E-state index in [1.807, 2.05) is 9.88 Å². The van der Waals surface area contributed by atoms with Crippen molar-refractivity contribution in [3.8, 4) is 0 Å². The van der Waals surface area contributed by atoms with E-state index in [1.54, 1.807) is 12.4 Å². The third kappa shape index (κ3) is 3.84. The van der Waals surface area contributed by atoms with Gasteiger partial charge in [0.2, 0.25) is 0 Å². The van der Waals surface area contributed by atoms with Crippen molar-refractivity contribution in [3.63, 3.8) is 0 Å². The third-order valence-corrected chi connectivity index (χ3v) is 3.73. The van der Waals surface area contributed by atoms with Gasteiger partial charge in [0.05, 0.1) is 6.54 Å². The molecule has 1 aromatic carbocycles. The van der Waals surface area contributed by atoms with Gasteiger partial charge >= 0.3 is 12.2 Å². The molecule has 0 saturated heterocycles. The lowest BCUT2D eigenvalue weighted by Gasteiger charge is -2.22. The van der Waals surface area contributed by atoms with Gasteiger partial charge in [0.15, 0.2) is 11.9 Å². The second-order valence-electron chi connectivity index (χ2n) is 5.60. The molecule has 6 nitrogen and oxygen atoms in total. The molecule has 1 aliphatic rings. The van der Waals surface area contributed by atoms with Crippen LogP contribution in [-0.4, -0.2) is 27.0 Å². The van der Waals surface area contributed by atoms with Gasteiger partial charge in [-0.05, 0) is 18.4 Å². The Morgan fingerprint density at radius 2 is 2.00 bits per heavy atom. The number of halogens is 3. The van der Waals surface area contributed by atoms with E-state index in [9.17, 15) is 18.0 Å². The fraction of sp³-hybridized carbons (Fsp3) is 0.400. The largest absolute Gasteiger partial charge is 0.412 e. The molecule has 2 aromatic rings. The number of alkyl halides is 3. The van der Waals surface area contributed by atoms with Crippen LogP contribution in [0, 0.1) is 0 Å². The predicted octanol–water partition coefficient (Wildman–Crippen LogP) is 2.72. The maximum Gasteiger partial charge on any atom is 0.412 e. The Morgan fingerprint density at radius 1 is 1.29 bits per heavy atom. The predicted molar refractivity (Wildman–Crippen MR) is 78.9 cm³/mol. The minimum Gasteiger partial charge on any atom is -0.331 e. The van der Waals surface area contributed by atoms with Gasteiger partial charge in [-0.3, -0.25) is 0 Å². The Morgan fingerprint density at radius 3 is 2.62 bits per heavy atom. The van der Waals surface area contributed by atoms with Crippen LogP contribution >= 0.6 is 0 Å². The number of nitrogens with one attached hydrogen (secondary N) is 2. The van der Waals surface area contributed by atoms with E-state index in [1.165, 1.54) is 24.3 Å². The van der Waals surface area contributed by atoms with Gasteiger partial charge in [-0.1, -0.05) is 30.3 Å². The van der Waals surface area contributed by atoms with E-state index in [2.05, 4.69) is 15.5 Å². The molecule has 1 aliphatic carbocycles. The van der Waals surface area contributed by atoms with Crippen LogP contribution in [0.3, 0.4) is 0 Å². The van der Waals surface area contributed by atoms with Crippen LogP contribution < -0.4 is 10.6 Å². The van der Waals surface area contributed by atoms with Gasteiger partial charge in [-0.2, -0.15) is 13.2 Å². The highest BCUT2D eigenvalue weighted by Crippen LogP contribution is 2.35. The maximum absolute atomic E-state index is 13.2. The van der Waals surface area contributed by atoms with Crippen molar-refractivity contribution in [2.75, 3.05) is 0 Å². The Hall–Kier alpha value is -2.58. The number of urea groups is 1. The zero-order chi connectivity index (χ0) is 17.2. The number of benzene rings is 1. The first-order chi connectivity index (χ1) is 11.4. The average Bonchev–Trinajstić information content (AvgIpc) is 3.28. The number of aromatic nitrogens is 3. The SMILES string of the molecule is O=C(NCc1nncn1C1CC1)NC(c1ccccc1)C(F)(F)F. The van der Waals surface area contributed by atoms with Crippen molar-refractivity contribution < 1.29 is 18.0 Å². The number of hydrogen-bond donors (Lipinski definition) is 2. The highest BCUT2D eigenvalue weighted by molar-refractivity contribution is 5.74. The molecule has 3 rings (SSSR count). The van der Waals surface area contributed by atoms with E-state index < -0.39 is 18.2 Å². The Bertz CT molecular complexity index is 697. The summed E-state index contributed by atoms with van der Waals surface area (Å²) in [6.45, 7) is 0.0156. The molecule has 9 heteroatoms. The van der Waals surface area contributed by atoms with Crippen LogP contribution in [0.5, 0.6) is 0 Å². The molecular weight excluding hydrogens is 323 g/mol. The molecule has 1 fully saturated rings. The number of amides is 2. The summed E-state index contributed by atoms with van der Waals surface area (Å²) in [5.41, 5.74) is -0.0266. The van der Waals surface area contributed by atoms with E-state index >= 15 is 0 Å². The summed E-state index contributed by atoms with van der Waals surface area (Å²) >= 11 is 0. The number of nitrogens with zero attached hydrogens (tertiary/aromatic N) is 3. The zero-order valence-electron chi connectivity index (χ0n) is 12.6. The Kier molecular flexibility index (Phi) is 4.41. The normalized spacial score (nSPS) is 15.8. The van der Waals surface area contributed by atoms with Crippen LogP contribution in [0.15, 0.2) is 36.7 Å². The summed E-state index contributed by atoms with van der Waals surface area (Å²) in [4.78, 5) is 11.9. The molecule has 0 spiro atoms. The molecule has 1 atom stereocenters. The van der Waals surface area contributed by atoms with E-state index in [4.69, 9.17) is 0 Å². The van der Waals surface area contributed by atoms with Crippen LogP contribution in [0.1, 0.15) is 36.3 Å². The molecular formula is C15H16F3N5O. The van der Waals surface area contributed by atoms with Gasteiger partial charge < -0.3 is 15.2 Å². The lowest BCUT2D eigenvalue weighted by atomic mass is 10.1. The molecule has 24 heavy (non-hydrogen) atoms. The second kappa shape index (κ2) is 6.50. The summed E-state index contributed by atoms with van der Waals surface area (Å²) in [6.07, 6.45) is -0.995. The quantitative estimate of drug-likeness (QED) is 0.880. The van der Waals surface area contributed by atoms with Gasteiger partial charge in [-0.25, -0.2) is 4.79 Å². The molecule has 2 amide bonds. The third-order valence-electron chi connectivity index (χ3n) is 3.73. The summed E-state index contributed by atoms with van der Waals surface area (Å²) < 4.78 is 41.4. The molecule has 1 aromatic heterocycles. The first-order valence-corrected chi connectivity index (χ1v) is 7.49. The van der Waals surface area contributed by atoms with Gasteiger partial charge in [0, 0.05) is 6.04 Å². The van der Waals surface area contributed by atoms with Crippen LogP contribution in [-0.2, 0) is 6.54 Å². The van der Waals surface area contributed by atoms with Gasteiger partial charge in [0.1, 0.15) is 6.33 Å². The van der Waals surface area contributed by atoms with Crippen molar-refractivity contribution in [2.45, 2.75) is 37.6 Å². The van der Waals surface area contributed by atoms with Crippen molar-refractivity contribution in [1.82, 2.24) is 25.4 Å². The second-order valence-corrected chi connectivity index (χ2v) is 5.60. The highest BCUT2D eigenvalue weighted by Gasteiger charge is 2.41. The molecule has 0 aliphatic heterocycles. The molecule has 0 radical (unpaired) electrons. The molecule has 2 N–H and O–H groups in total. The summed E-state index contributed by atoms with van der Waals surface area (Å²) in [7, 11) is 0. The van der Waals surface area contributed by atoms with E-state index in [0.29, 0.717) is 11.9 Å². The highest BCUT2D eigenvalue weighted by atomic mass is 19.4. The van der Waals surface area contributed by atoms with Crippen LogP contribution in [0.25, 0.3) is 0 Å². The first kappa shape index (κ1) is 16.3. The fourth-order valence-corrected chi connectivity index (χ4v) is 2.39. The molecule has 1 saturated carbocycles. The summed E-state index contributed by atoms with van der Waals surface area (Å²) in [6, 6.07) is 4.59. The number of carbonyl (C=O) groups excluding carboxylic acids is 1. The topological polar surface area (TPSA) is 71.8 Å². The van der Waals surface area contributed by atoms with Crippen molar-refractivity contribution >= 4 is 6.03 Å². The van der Waals surface area contributed by atoms with E-state index in [-0.39, 0.29) is 12.1 Å². The maximum atomic E-state index is 13.2. The van der Waals surface area contributed by atoms with Crippen molar-refractivity contribution in [2.24, 2.45) is 0 Å². The van der Waals surface area contributed by atoms with Crippen LogP contribution in [0.2, 0.25) is 0 Å². The lowest BCUT2D eigenvalue weighted by molar-refractivity contribution is -0.154. The minimum atomic E-state index is -4.59. The molecule has 1 unspecified atom stereocenters. The number of rotatable bonds is 5. The molecule has 1 heterocycles. The lowest BCUT2D eigenvalue weighted by Crippen LogP contribution is -2.43. The minimum absolute atomic E-state index is 0.0156. The van der Waals surface area contributed by atoms with Crippen LogP contribution in [0.4, 0.5) is 18.0 Å². The van der Waals surface area contributed by atoms with E-state index in [0.717, 1.165) is 12.8 Å². The smallest absolute Gasteiger partial charge is 0.331 e. The standard InChI is InChI=1S/C15H16F3N5O/c16-15(17,18)13(10-4-2-1-3-5-10)21-14(24)19-8-12-22-20-9-23(12)11-6-7-11/h1-5,9,11,13H,6-8H2,(H2,19,21,24). The van der Waals surface area contributed by atoms with Gasteiger partial charge in [-0.15, -0.1) is 10.2 Å².